The normalized spacial score (nSPS) is 12.0. The lowest BCUT2D eigenvalue weighted by atomic mass is 9.92. The number of amides is 1. The van der Waals surface area contributed by atoms with E-state index in [9.17, 15) is 18.4 Å². The molecule has 0 fully saturated rings. The van der Waals surface area contributed by atoms with Crippen LogP contribution in [0, 0.1) is 11.6 Å². The van der Waals surface area contributed by atoms with Gasteiger partial charge in [-0.05, 0) is 50.9 Å². The molecule has 0 aromatic heterocycles. The summed E-state index contributed by atoms with van der Waals surface area (Å²) in [5, 5.41) is 6.71. The maximum atomic E-state index is 13.5. The minimum Gasteiger partial charge on any atom is -0.467 e. The molecule has 1 N–H and O–H groups in total. The molecule has 0 bridgehead atoms. The minimum atomic E-state index is -1.03. The van der Waals surface area contributed by atoms with Crippen LogP contribution >= 0.6 is 0 Å². The lowest BCUT2D eigenvalue weighted by molar-refractivity contribution is -0.145. The van der Waals surface area contributed by atoms with Crippen LogP contribution in [0.1, 0.15) is 11.1 Å². The van der Waals surface area contributed by atoms with Gasteiger partial charge in [0.2, 0.25) is 5.91 Å². The molecule has 0 spiro atoms. The number of benzene rings is 4. The molecule has 1 atom stereocenters. The van der Waals surface area contributed by atoms with Crippen molar-refractivity contribution in [2.24, 2.45) is 0 Å². The highest BCUT2D eigenvalue weighted by Crippen LogP contribution is 2.29. The second-order valence-corrected chi connectivity index (χ2v) is 7.57. The van der Waals surface area contributed by atoms with E-state index in [0.29, 0.717) is 5.56 Å². The summed E-state index contributed by atoms with van der Waals surface area (Å²) in [7, 11) is 1.26. The third-order valence-corrected chi connectivity index (χ3v) is 5.46. The van der Waals surface area contributed by atoms with E-state index in [1.807, 2.05) is 48.5 Å². The molecule has 0 saturated carbocycles. The average Bonchev–Trinajstić information content (AvgIpc) is 2.80. The van der Waals surface area contributed by atoms with E-state index in [1.54, 1.807) is 0 Å². The molecule has 4 nitrogen and oxygen atoms in total. The Bertz CT molecular complexity index is 1270. The maximum Gasteiger partial charge on any atom is 0.328 e. The van der Waals surface area contributed by atoms with Crippen LogP contribution in [0.2, 0.25) is 0 Å². The van der Waals surface area contributed by atoms with E-state index in [1.165, 1.54) is 13.2 Å². The predicted octanol–water partition coefficient (Wildman–Crippen LogP) is 4.71. The van der Waals surface area contributed by atoms with Crippen LogP contribution in [0.15, 0.2) is 72.8 Å². The first-order chi connectivity index (χ1) is 15.5. The fourth-order valence-electron chi connectivity index (χ4n) is 3.95. The fraction of sp³-hybridized carbons (Fsp3) is 0.154. The van der Waals surface area contributed by atoms with Crippen LogP contribution < -0.4 is 5.32 Å². The van der Waals surface area contributed by atoms with Crippen LogP contribution in [0.4, 0.5) is 8.78 Å². The Balaban J connectivity index is 1.66. The molecule has 4 aromatic carbocycles. The topological polar surface area (TPSA) is 55.4 Å². The van der Waals surface area contributed by atoms with Crippen molar-refractivity contribution in [1.29, 1.82) is 0 Å². The molecule has 4 aromatic rings. The molecule has 0 aliphatic rings. The zero-order valence-corrected chi connectivity index (χ0v) is 17.4. The Labute approximate surface area is 183 Å². The third kappa shape index (κ3) is 4.44. The number of ether oxygens (including phenoxy) is 1. The van der Waals surface area contributed by atoms with Crippen molar-refractivity contribution in [2.75, 3.05) is 7.11 Å². The standard InChI is InChI=1S/C26H21F2NO3/c1-32-26(31)24(29-25(30)13-16-10-11-22(27)23(28)12-16)15-21-19-8-4-2-6-17(19)14-18-7-3-5-9-20(18)21/h2-12,14,24H,13,15H2,1H3,(H,29,30)/t24-/m1/s1. The summed E-state index contributed by atoms with van der Waals surface area (Å²) in [4.78, 5) is 25.2. The van der Waals surface area contributed by atoms with Gasteiger partial charge in [-0.3, -0.25) is 4.79 Å². The van der Waals surface area contributed by atoms with E-state index in [2.05, 4.69) is 11.4 Å². The molecule has 32 heavy (non-hydrogen) atoms. The largest absolute Gasteiger partial charge is 0.467 e. The van der Waals surface area contributed by atoms with Crippen molar-refractivity contribution >= 4 is 33.4 Å². The summed E-state index contributed by atoms with van der Waals surface area (Å²) < 4.78 is 31.6. The maximum absolute atomic E-state index is 13.5. The van der Waals surface area contributed by atoms with Crippen molar-refractivity contribution < 1.29 is 23.1 Å². The predicted molar refractivity (Wildman–Crippen MR) is 119 cm³/mol. The van der Waals surface area contributed by atoms with Gasteiger partial charge in [0, 0.05) is 6.42 Å². The number of hydrogen-bond donors (Lipinski definition) is 1. The van der Waals surface area contributed by atoms with Gasteiger partial charge in [-0.25, -0.2) is 13.6 Å². The lowest BCUT2D eigenvalue weighted by Gasteiger charge is -2.19. The molecular formula is C26H21F2NO3. The van der Waals surface area contributed by atoms with Gasteiger partial charge in [0.25, 0.3) is 0 Å². The first-order valence-electron chi connectivity index (χ1n) is 10.2. The van der Waals surface area contributed by atoms with E-state index in [-0.39, 0.29) is 12.8 Å². The summed E-state index contributed by atoms with van der Waals surface area (Å²) in [6.07, 6.45) is 0.0268. The molecule has 0 saturated heterocycles. The first-order valence-corrected chi connectivity index (χ1v) is 10.2. The SMILES string of the molecule is COC(=O)[C@@H](Cc1c2ccccc2cc2ccccc12)NC(=O)Cc1ccc(F)c(F)c1. The van der Waals surface area contributed by atoms with E-state index in [4.69, 9.17) is 4.74 Å². The zero-order chi connectivity index (χ0) is 22.7. The summed E-state index contributed by atoms with van der Waals surface area (Å²) in [6, 6.07) is 20.1. The van der Waals surface area contributed by atoms with Crippen LogP contribution in [0.3, 0.4) is 0 Å². The molecule has 1 amide bonds. The molecule has 0 aliphatic heterocycles. The third-order valence-electron chi connectivity index (χ3n) is 5.46. The molecule has 0 unspecified atom stereocenters. The van der Waals surface area contributed by atoms with Gasteiger partial charge in [0.05, 0.1) is 13.5 Å². The monoisotopic (exact) mass is 433 g/mol. The number of methoxy groups -OCH3 is 1. The zero-order valence-electron chi connectivity index (χ0n) is 17.4. The van der Waals surface area contributed by atoms with Crippen molar-refractivity contribution in [3.63, 3.8) is 0 Å². The number of nitrogens with one attached hydrogen (secondary N) is 1. The first kappa shape index (κ1) is 21.4. The summed E-state index contributed by atoms with van der Waals surface area (Å²) in [6.45, 7) is 0. The van der Waals surface area contributed by atoms with Crippen LogP contribution in [0.5, 0.6) is 0 Å². The van der Waals surface area contributed by atoms with Gasteiger partial charge in [-0.15, -0.1) is 0 Å². The van der Waals surface area contributed by atoms with E-state index < -0.39 is 29.6 Å². The molecule has 0 heterocycles. The van der Waals surface area contributed by atoms with Crippen LogP contribution in [-0.2, 0) is 27.2 Å². The Morgan fingerprint density at radius 3 is 2.09 bits per heavy atom. The second kappa shape index (κ2) is 9.14. The highest BCUT2D eigenvalue weighted by Gasteiger charge is 2.24. The number of fused-ring (bicyclic) bond motifs is 2. The van der Waals surface area contributed by atoms with Gasteiger partial charge in [0.1, 0.15) is 6.04 Å². The highest BCUT2D eigenvalue weighted by atomic mass is 19.2. The minimum absolute atomic E-state index is 0.193. The highest BCUT2D eigenvalue weighted by molar-refractivity contribution is 6.02. The number of carbonyl (C=O) groups excluding carboxylic acids is 2. The molecule has 0 aliphatic carbocycles. The van der Waals surface area contributed by atoms with E-state index in [0.717, 1.165) is 39.2 Å². The van der Waals surface area contributed by atoms with Gasteiger partial charge in [-0.1, -0.05) is 54.6 Å². The lowest BCUT2D eigenvalue weighted by Crippen LogP contribution is -2.43. The number of carbonyl (C=O) groups is 2. The quantitative estimate of drug-likeness (QED) is 0.354. The van der Waals surface area contributed by atoms with Crippen molar-refractivity contribution in [3.05, 3.63) is 95.6 Å². The number of hydrogen-bond acceptors (Lipinski definition) is 3. The smallest absolute Gasteiger partial charge is 0.328 e. The van der Waals surface area contributed by atoms with E-state index >= 15 is 0 Å². The Kier molecular flexibility index (Phi) is 6.12. The molecule has 6 heteroatoms. The molecular weight excluding hydrogens is 412 g/mol. The van der Waals surface area contributed by atoms with Gasteiger partial charge in [0.15, 0.2) is 11.6 Å². The average molecular weight is 433 g/mol. The van der Waals surface area contributed by atoms with Gasteiger partial charge < -0.3 is 10.1 Å². The van der Waals surface area contributed by atoms with Gasteiger partial charge in [-0.2, -0.15) is 0 Å². The Morgan fingerprint density at radius 2 is 1.50 bits per heavy atom. The van der Waals surface area contributed by atoms with Crippen molar-refractivity contribution in [2.45, 2.75) is 18.9 Å². The fourth-order valence-corrected chi connectivity index (χ4v) is 3.95. The van der Waals surface area contributed by atoms with Crippen LogP contribution in [0.25, 0.3) is 21.5 Å². The van der Waals surface area contributed by atoms with Gasteiger partial charge >= 0.3 is 5.97 Å². The van der Waals surface area contributed by atoms with Crippen molar-refractivity contribution in [1.82, 2.24) is 5.32 Å². The molecule has 162 valence electrons. The summed E-state index contributed by atoms with van der Waals surface area (Å²) in [5.74, 6) is -3.08. The van der Waals surface area contributed by atoms with Crippen LogP contribution in [-0.4, -0.2) is 25.0 Å². The number of halogens is 2. The molecule has 0 radical (unpaired) electrons. The van der Waals surface area contributed by atoms with Crippen molar-refractivity contribution in [3.8, 4) is 0 Å². The Morgan fingerprint density at radius 1 is 0.875 bits per heavy atom. The number of rotatable bonds is 6. The summed E-state index contributed by atoms with van der Waals surface area (Å²) >= 11 is 0. The second-order valence-electron chi connectivity index (χ2n) is 7.57. The number of esters is 1. The summed E-state index contributed by atoms with van der Waals surface area (Å²) in [5.41, 5.74) is 1.22. The Hall–Kier alpha value is -3.80. The molecule has 4 rings (SSSR count).